The Morgan fingerprint density at radius 2 is 1.84 bits per heavy atom. The summed E-state index contributed by atoms with van der Waals surface area (Å²) >= 11 is 1.82. The van der Waals surface area contributed by atoms with Crippen molar-refractivity contribution in [3.63, 3.8) is 0 Å². The zero-order chi connectivity index (χ0) is 13.6. The Morgan fingerprint density at radius 1 is 1.16 bits per heavy atom. The van der Waals surface area contributed by atoms with Crippen LogP contribution in [0.5, 0.6) is 0 Å². The van der Waals surface area contributed by atoms with Crippen molar-refractivity contribution in [1.82, 2.24) is 9.97 Å². The van der Waals surface area contributed by atoms with Crippen molar-refractivity contribution in [3.05, 3.63) is 40.5 Å². The predicted octanol–water partition coefficient (Wildman–Crippen LogP) is 5.03. The second kappa shape index (κ2) is 4.49. The molecule has 0 bridgehead atoms. The molecule has 3 aromatic rings. The summed E-state index contributed by atoms with van der Waals surface area (Å²) in [5.41, 5.74) is 7.32. The molecular formula is C16H18N2S. The van der Waals surface area contributed by atoms with E-state index < -0.39 is 0 Å². The van der Waals surface area contributed by atoms with Gasteiger partial charge in [0, 0.05) is 17.0 Å². The summed E-state index contributed by atoms with van der Waals surface area (Å²) in [6.07, 6.45) is 0. The van der Waals surface area contributed by atoms with Crippen LogP contribution in [0.4, 0.5) is 0 Å². The van der Waals surface area contributed by atoms with Gasteiger partial charge >= 0.3 is 0 Å². The molecule has 0 saturated heterocycles. The smallest absolute Gasteiger partial charge is 0.0571 e. The zero-order valence-corrected chi connectivity index (χ0v) is 12.6. The molecule has 0 aliphatic heterocycles. The van der Waals surface area contributed by atoms with E-state index in [0.717, 1.165) is 11.4 Å². The van der Waals surface area contributed by atoms with E-state index in [2.05, 4.69) is 61.2 Å². The Morgan fingerprint density at radius 3 is 2.47 bits per heavy atom. The first-order chi connectivity index (χ1) is 9.06. The number of hydrogen-bond donors (Lipinski definition) is 1. The molecule has 0 spiro atoms. The van der Waals surface area contributed by atoms with Gasteiger partial charge in [-0.1, -0.05) is 13.8 Å². The number of nitrogens with one attached hydrogen (secondary N) is 1. The highest BCUT2D eigenvalue weighted by Crippen LogP contribution is 2.38. The lowest BCUT2D eigenvalue weighted by Gasteiger charge is -2.09. The molecule has 0 aliphatic rings. The van der Waals surface area contributed by atoms with Crippen LogP contribution in [0.3, 0.4) is 0 Å². The van der Waals surface area contributed by atoms with Gasteiger partial charge in [0.2, 0.25) is 0 Å². The molecule has 0 amide bonds. The first-order valence-corrected chi connectivity index (χ1v) is 7.49. The van der Waals surface area contributed by atoms with E-state index in [-0.39, 0.29) is 0 Å². The van der Waals surface area contributed by atoms with E-state index in [9.17, 15) is 0 Å². The molecule has 0 unspecified atom stereocenters. The molecular weight excluding hydrogens is 252 g/mol. The topological polar surface area (TPSA) is 28.7 Å². The number of aryl methyl sites for hydroxylation is 2. The summed E-state index contributed by atoms with van der Waals surface area (Å²) < 4.78 is 1.39. The lowest BCUT2D eigenvalue weighted by Crippen LogP contribution is -1.93. The normalized spacial score (nSPS) is 11.6. The number of H-pyrrole nitrogens is 1. The third kappa shape index (κ3) is 2.08. The van der Waals surface area contributed by atoms with Crippen molar-refractivity contribution in [2.24, 2.45) is 0 Å². The van der Waals surface area contributed by atoms with Gasteiger partial charge in [0.1, 0.15) is 0 Å². The summed E-state index contributed by atoms with van der Waals surface area (Å²) in [5.74, 6) is 0.510. The molecule has 0 saturated carbocycles. The summed E-state index contributed by atoms with van der Waals surface area (Å²) in [6, 6.07) is 6.48. The number of aromatic nitrogens is 2. The SMILES string of the molecule is Cc1cc(-c2[nH]c3ccsc3c2C(C)C)cc(C)n1. The minimum atomic E-state index is 0.510. The molecule has 0 atom stereocenters. The first-order valence-electron chi connectivity index (χ1n) is 6.61. The highest BCUT2D eigenvalue weighted by molar-refractivity contribution is 7.17. The number of fused-ring (bicyclic) bond motifs is 1. The van der Waals surface area contributed by atoms with Crippen LogP contribution in [0.2, 0.25) is 0 Å². The number of rotatable bonds is 2. The molecule has 0 aromatic carbocycles. The van der Waals surface area contributed by atoms with Crippen LogP contribution >= 0.6 is 11.3 Å². The summed E-state index contributed by atoms with van der Waals surface area (Å²) in [4.78, 5) is 8.04. The van der Waals surface area contributed by atoms with Crippen LogP contribution in [-0.4, -0.2) is 9.97 Å². The summed E-state index contributed by atoms with van der Waals surface area (Å²) in [7, 11) is 0. The monoisotopic (exact) mass is 270 g/mol. The van der Waals surface area contributed by atoms with E-state index >= 15 is 0 Å². The minimum Gasteiger partial charge on any atom is -0.354 e. The van der Waals surface area contributed by atoms with Gasteiger partial charge in [-0.25, -0.2) is 0 Å². The molecule has 0 radical (unpaired) electrons. The molecule has 3 aromatic heterocycles. The van der Waals surface area contributed by atoms with Crippen molar-refractivity contribution in [1.29, 1.82) is 0 Å². The number of aromatic amines is 1. The second-order valence-corrected chi connectivity index (χ2v) is 6.29. The maximum atomic E-state index is 4.46. The lowest BCUT2D eigenvalue weighted by molar-refractivity contribution is 0.879. The van der Waals surface area contributed by atoms with Crippen molar-refractivity contribution in [2.45, 2.75) is 33.6 Å². The van der Waals surface area contributed by atoms with Crippen LogP contribution in [0.1, 0.15) is 36.7 Å². The standard InChI is InChI=1S/C16H18N2S/c1-9(2)14-15(18-13-5-6-19-16(13)14)12-7-10(3)17-11(4)8-12/h5-9,18H,1-4H3. The Hall–Kier alpha value is -1.61. The summed E-state index contributed by atoms with van der Waals surface area (Å²) in [6.45, 7) is 8.62. The predicted molar refractivity (Wildman–Crippen MR) is 83.0 cm³/mol. The summed E-state index contributed by atoms with van der Waals surface area (Å²) in [5, 5.41) is 2.15. The van der Waals surface area contributed by atoms with Crippen molar-refractivity contribution in [3.8, 4) is 11.3 Å². The van der Waals surface area contributed by atoms with Crippen LogP contribution < -0.4 is 0 Å². The number of hydrogen-bond acceptors (Lipinski definition) is 2. The average molecular weight is 270 g/mol. The van der Waals surface area contributed by atoms with Gasteiger partial charge in [0.25, 0.3) is 0 Å². The molecule has 3 heteroatoms. The maximum absolute atomic E-state index is 4.46. The Balaban J connectivity index is 2.29. The van der Waals surface area contributed by atoms with Gasteiger partial charge in [-0.15, -0.1) is 11.3 Å². The Labute approximate surface area is 117 Å². The molecule has 0 aliphatic carbocycles. The molecule has 2 nitrogen and oxygen atoms in total. The van der Waals surface area contributed by atoms with Crippen molar-refractivity contribution < 1.29 is 0 Å². The van der Waals surface area contributed by atoms with Crippen LogP contribution in [0.15, 0.2) is 23.6 Å². The third-order valence-electron chi connectivity index (χ3n) is 3.39. The van der Waals surface area contributed by atoms with Gasteiger partial charge < -0.3 is 4.98 Å². The minimum absolute atomic E-state index is 0.510. The zero-order valence-electron chi connectivity index (χ0n) is 11.7. The van der Waals surface area contributed by atoms with E-state index in [0.29, 0.717) is 5.92 Å². The Bertz CT molecular complexity index is 714. The average Bonchev–Trinajstić information content (AvgIpc) is 2.85. The quantitative estimate of drug-likeness (QED) is 0.695. The van der Waals surface area contributed by atoms with Gasteiger partial charge in [-0.3, -0.25) is 4.98 Å². The second-order valence-electron chi connectivity index (χ2n) is 5.37. The molecule has 3 heterocycles. The fraction of sp³-hybridized carbons (Fsp3) is 0.312. The van der Waals surface area contributed by atoms with Crippen molar-refractivity contribution >= 4 is 21.6 Å². The van der Waals surface area contributed by atoms with E-state index in [1.165, 1.54) is 27.0 Å². The van der Waals surface area contributed by atoms with Crippen LogP contribution in [0.25, 0.3) is 21.5 Å². The molecule has 0 fully saturated rings. The van der Waals surface area contributed by atoms with E-state index in [4.69, 9.17) is 0 Å². The third-order valence-corrected chi connectivity index (χ3v) is 4.33. The van der Waals surface area contributed by atoms with Crippen LogP contribution in [0, 0.1) is 13.8 Å². The largest absolute Gasteiger partial charge is 0.354 e. The van der Waals surface area contributed by atoms with E-state index in [1.54, 1.807) is 0 Å². The maximum Gasteiger partial charge on any atom is 0.0571 e. The highest BCUT2D eigenvalue weighted by atomic mass is 32.1. The molecule has 3 rings (SSSR count). The van der Waals surface area contributed by atoms with E-state index in [1.807, 2.05) is 11.3 Å². The van der Waals surface area contributed by atoms with Gasteiger partial charge in [0.15, 0.2) is 0 Å². The van der Waals surface area contributed by atoms with Crippen molar-refractivity contribution in [2.75, 3.05) is 0 Å². The molecule has 19 heavy (non-hydrogen) atoms. The number of pyridine rings is 1. The molecule has 1 N–H and O–H groups in total. The van der Waals surface area contributed by atoms with Crippen LogP contribution in [-0.2, 0) is 0 Å². The first kappa shape index (κ1) is 12.4. The lowest BCUT2D eigenvalue weighted by atomic mass is 9.99. The number of nitrogens with zero attached hydrogens (tertiary/aromatic N) is 1. The molecule has 98 valence electrons. The number of thiophene rings is 1. The van der Waals surface area contributed by atoms with Gasteiger partial charge in [-0.2, -0.15) is 0 Å². The fourth-order valence-electron chi connectivity index (χ4n) is 2.69. The van der Waals surface area contributed by atoms with Gasteiger partial charge in [0.05, 0.1) is 15.9 Å². The highest BCUT2D eigenvalue weighted by Gasteiger charge is 2.17. The Kier molecular flexibility index (Phi) is 2.94. The fourth-order valence-corrected chi connectivity index (χ4v) is 3.74. The van der Waals surface area contributed by atoms with Gasteiger partial charge in [-0.05, 0) is 48.9 Å².